The van der Waals surface area contributed by atoms with E-state index in [-0.39, 0.29) is 16.6 Å². The first-order valence-electron chi connectivity index (χ1n) is 3.37. The number of carbonyl (C=O) groups excluding carboxylic acids is 1. The molecule has 1 rings (SSSR count). The minimum atomic E-state index is -0.218. The Labute approximate surface area is 78.3 Å². The Balaban J connectivity index is 2.90. The third-order valence-electron chi connectivity index (χ3n) is 1.32. The molecule has 0 bridgehead atoms. The van der Waals surface area contributed by atoms with Gasteiger partial charge in [0.2, 0.25) is 5.95 Å². The van der Waals surface area contributed by atoms with Crippen molar-refractivity contribution in [2.75, 3.05) is 5.73 Å². The maximum absolute atomic E-state index is 11.3. The van der Waals surface area contributed by atoms with Gasteiger partial charge in [-0.3, -0.25) is 4.79 Å². The number of aromatic nitrogens is 2. The molecule has 0 saturated heterocycles. The second-order valence-electron chi connectivity index (χ2n) is 2.31. The van der Waals surface area contributed by atoms with E-state index in [4.69, 9.17) is 5.73 Å². The third kappa shape index (κ3) is 2.01. The number of carbonyl (C=O) groups is 1. The summed E-state index contributed by atoms with van der Waals surface area (Å²) >= 11 is 3.16. The van der Waals surface area contributed by atoms with E-state index in [1.54, 1.807) is 6.92 Å². The maximum Gasteiger partial charge on any atom is 0.219 e. The van der Waals surface area contributed by atoms with E-state index < -0.39 is 0 Å². The van der Waals surface area contributed by atoms with E-state index in [0.29, 0.717) is 5.56 Å². The molecule has 1 unspecified atom stereocenters. The molecular weight excluding hydrogens is 222 g/mol. The Morgan fingerprint density at radius 3 is 2.50 bits per heavy atom. The highest BCUT2D eigenvalue weighted by Crippen LogP contribution is 2.07. The van der Waals surface area contributed by atoms with E-state index in [9.17, 15) is 4.79 Å². The summed E-state index contributed by atoms with van der Waals surface area (Å²) in [6.45, 7) is 1.75. The summed E-state index contributed by atoms with van der Waals surface area (Å²) in [5.41, 5.74) is 5.72. The third-order valence-corrected chi connectivity index (χ3v) is 1.73. The van der Waals surface area contributed by atoms with Crippen molar-refractivity contribution in [3.05, 3.63) is 18.0 Å². The Hall–Kier alpha value is -0.970. The topological polar surface area (TPSA) is 68.9 Å². The summed E-state index contributed by atoms with van der Waals surface area (Å²) < 4.78 is 0. The molecule has 0 saturated carbocycles. The van der Waals surface area contributed by atoms with Gasteiger partial charge in [0.05, 0.1) is 10.4 Å². The number of rotatable bonds is 2. The second-order valence-corrected chi connectivity index (χ2v) is 3.68. The molecule has 12 heavy (non-hydrogen) atoms. The molecule has 5 heteroatoms. The molecule has 0 aliphatic rings. The van der Waals surface area contributed by atoms with Crippen LogP contribution >= 0.6 is 15.9 Å². The molecule has 0 aliphatic carbocycles. The monoisotopic (exact) mass is 229 g/mol. The van der Waals surface area contributed by atoms with Crippen molar-refractivity contribution in [2.24, 2.45) is 0 Å². The molecule has 64 valence electrons. The molecule has 1 atom stereocenters. The summed E-state index contributed by atoms with van der Waals surface area (Å²) in [6, 6.07) is 0. The van der Waals surface area contributed by atoms with E-state index in [1.807, 2.05) is 0 Å². The number of alkyl halides is 1. The molecule has 0 aliphatic heterocycles. The largest absolute Gasteiger partial charge is 0.368 e. The van der Waals surface area contributed by atoms with E-state index in [1.165, 1.54) is 12.4 Å². The predicted octanol–water partition coefficient (Wildman–Crippen LogP) is 1.02. The van der Waals surface area contributed by atoms with Crippen LogP contribution in [0.2, 0.25) is 0 Å². The van der Waals surface area contributed by atoms with Crippen molar-refractivity contribution in [3.8, 4) is 0 Å². The van der Waals surface area contributed by atoms with Gasteiger partial charge < -0.3 is 5.73 Å². The second kappa shape index (κ2) is 3.62. The molecular formula is C7H8BrN3O. The number of ketones is 1. The molecule has 0 spiro atoms. The van der Waals surface area contributed by atoms with Gasteiger partial charge >= 0.3 is 0 Å². The average Bonchev–Trinajstić information content (AvgIpc) is 2.04. The van der Waals surface area contributed by atoms with Gasteiger partial charge in [-0.05, 0) is 6.92 Å². The SMILES string of the molecule is CC(Br)C(=O)c1cnc(N)nc1. The van der Waals surface area contributed by atoms with E-state index in [2.05, 4.69) is 25.9 Å². The Bertz CT molecular complexity index is 283. The van der Waals surface area contributed by atoms with Gasteiger partial charge in [0.25, 0.3) is 0 Å². The minimum absolute atomic E-state index is 0.0463. The first-order chi connectivity index (χ1) is 5.61. The van der Waals surface area contributed by atoms with Crippen LogP contribution in [0, 0.1) is 0 Å². The van der Waals surface area contributed by atoms with Crippen molar-refractivity contribution >= 4 is 27.7 Å². The lowest BCUT2D eigenvalue weighted by Crippen LogP contribution is -2.11. The van der Waals surface area contributed by atoms with Crippen LogP contribution in [0.4, 0.5) is 5.95 Å². The van der Waals surface area contributed by atoms with Crippen molar-refractivity contribution < 1.29 is 4.79 Å². The van der Waals surface area contributed by atoms with Crippen LogP contribution in [-0.4, -0.2) is 20.6 Å². The molecule has 0 radical (unpaired) electrons. The normalized spacial score (nSPS) is 12.5. The number of hydrogen-bond donors (Lipinski definition) is 1. The van der Waals surface area contributed by atoms with Crippen LogP contribution in [0.15, 0.2) is 12.4 Å². The number of anilines is 1. The zero-order valence-electron chi connectivity index (χ0n) is 6.49. The van der Waals surface area contributed by atoms with Gasteiger partial charge in [0, 0.05) is 12.4 Å². The summed E-state index contributed by atoms with van der Waals surface area (Å²) in [5, 5.41) is 0. The highest BCUT2D eigenvalue weighted by Gasteiger charge is 2.11. The van der Waals surface area contributed by atoms with Gasteiger partial charge in [0.1, 0.15) is 0 Å². The Morgan fingerprint density at radius 2 is 2.08 bits per heavy atom. The van der Waals surface area contributed by atoms with Crippen LogP contribution in [0.1, 0.15) is 17.3 Å². The number of halogens is 1. The minimum Gasteiger partial charge on any atom is -0.368 e. The van der Waals surface area contributed by atoms with Crippen LogP contribution < -0.4 is 5.73 Å². The molecule has 0 amide bonds. The highest BCUT2D eigenvalue weighted by molar-refractivity contribution is 9.10. The fourth-order valence-corrected chi connectivity index (χ4v) is 0.959. The lowest BCUT2D eigenvalue weighted by atomic mass is 10.2. The van der Waals surface area contributed by atoms with Crippen LogP contribution in [-0.2, 0) is 0 Å². The van der Waals surface area contributed by atoms with Crippen LogP contribution in [0.3, 0.4) is 0 Å². The molecule has 0 fully saturated rings. The molecule has 4 nitrogen and oxygen atoms in total. The lowest BCUT2D eigenvalue weighted by Gasteiger charge is -2.00. The number of hydrogen-bond acceptors (Lipinski definition) is 4. The lowest BCUT2D eigenvalue weighted by molar-refractivity contribution is 0.0995. The Morgan fingerprint density at radius 1 is 1.58 bits per heavy atom. The van der Waals surface area contributed by atoms with Crippen molar-refractivity contribution in [3.63, 3.8) is 0 Å². The molecule has 1 heterocycles. The zero-order chi connectivity index (χ0) is 9.14. The fraction of sp³-hybridized carbons (Fsp3) is 0.286. The van der Waals surface area contributed by atoms with Gasteiger partial charge in [-0.2, -0.15) is 0 Å². The highest BCUT2D eigenvalue weighted by atomic mass is 79.9. The molecule has 0 aromatic carbocycles. The van der Waals surface area contributed by atoms with Crippen molar-refractivity contribution in [1.82, 2.24) is 9.97 Å². The van der Waals surface area contributed by atoms with Crippen molar-refractivity contribution in [1.29, 1.82) is 0 Å². The summed E-state index contributed by atoms with van der Waals surface area (Å²) in [6.07, 6.45) is 2.84. The maximum atomic E-state index is 11.3. The average molecular weight is 230 g/mol. The van der Waals surface area contributed by atoms with Gasteiger partial charge in [0.15, 0.2) is 5.78 Å². The standard InChI is InChI=1S/C7H8BrN3O/c1-4(8)6(12)5-2-10-7(9)11-3-5/h2-4H,1H3,(H2,9,10,11). The number of nitrogens with zero attached hydrogens (tertiary/aromatic N) is 2. The predicted molar refractivity (Wildman–Crippen MR) is 49.2 cm³/mol. The van der Waals surface area contributed by atoms with Gasteiger partial charge in [-0.1, -0.05) is 15.9 Å². The van der Waals surface area contributed by atoms with Gasteiger partial charge in [-0.15, -0.1) is 0 Å². The number of nitrogen functional groups attached to an aromatic ring is 1. The first kappa shape index (κ1) is 9.12. The molecule has 1 aromatic rings. The number of Topliss-reactive ketones (excluding diaryl/α,β-unsaturated/α-hetero) is 1. The fourth-order valence-electron chi connectivity index (χ4n) is 0.695. The van der Waals surface area contributed by atoms with E-state index >= 15 is 0 Å². The Kier molecular flexibility index (Phi) is 2.75. The first-order valence-corrected chi connectivity index (χ1v) is 4.28. The van der Waals surface area contributed by atoms with Crippen LogP contribution in [0.25, 0.3) is 0 Å². The smallest absolute Gasteiger partial charge is 0.219 e. The zero-order valence-corrected chi connectivity index (χ0v) is 8.08. The molecule has 2 N–H and O–H groups in total. The summed E-state index contributed by atoms with van der Waals surface area (Å²) in [7, 11) is 0. The quantitative estimate of drug-likeness (QED) is 0.608. The van der Waals surface area contributed by atoms with Crippen LogP contribution in [0.5, 0.6) is 0 Å². The summed E-state index contributed by atoms with van der Waals surface area (Å²) in [5.74, 6) is 0.128. The van der Waals surface area contributed by atoms with E-state index in [0.717, 1.165) is 0 Å². The van der Waals surface area contributed by atoms with Gasteiger partial charge in [-0.25, -0.2) is 9.97 Å². The molecule has 1 aromatic heterocycles. The van der Waals surface area contributed by atoms with Crippen molar-refractivity contribution in [2.45, 2.75) is 11.8 Å². The number of nitrogens with two attached hydrogens (primary N) is 1. The summed E-state index contributed by atoms with van der Waals surface area (Å²) in [4.78, 5) is 18.5.